The predicted molar refractivity (Wildman–Crippen MR) is 125 cm³/mol. The van der Waals surface area contributed by atoms with E-state index in [0.717, 1.165) is 104 Å². The van der Waals surface area contributed by atoms with Gasteiger partial charge in [-0.25, -0.2) is 0 Å². The Labute approximate surface area is 188 Å². The summed E-state index contributed by atoms with van der Waals surface area (Å²) in [5.74, 6) is 2.13. The Hall–Kier alpha value is -0.160. The van der Waals surface area contributed by atoms with Crippen LogP contribution in [0.15, 0.2) is 4.99 Å². The van der Waals surface area contributed by atoms with E-state index in [4.69, 9.17) is 19.2 Å². The van der Waals surface area contributed by atoms with Gasteiger partial charge in [0.15, 0.2) is 5.96 Å². The zero-order chi connectivity index (χ0) is 19.2. The Morgan fingerprint density at radius 2 is 1.86 bits per heavy atom. The van der Waals surface area contributed by atoms with Crippen molar-refractivity contribution in [2.75, 3.05) is 78.9 Å². The van der Waals surface area contributed by atoms with Crippen LogP contribution in [0.4, 0.5) is 0 Å². The maximum absolute atomic E-state index is 5.83. The number of aliphatic imine (C=N–C) groups is 1. The smallest absolute Gasteiger partial charge is 0.191 e. The van der Waals surface area contributed by atoms with Crippen molar-refractivity contribution in [3.63, 3.8) is 0 Å². The number of nitrogens with one attached hydrogen (secondary N) is 2. The van der Waals surface area contributed by atoms with E-state index in [1.54, 1.807) is 0 Å². The van der Waals surface area contributed by atoms with Gasteiger partial charge in [-0.2, -0.15) is 0 Å². The molecule has 0 aromatic carbocycles. The van der Waals surface area contributed by atoms with Crippen LogP contribution < -0.4 is 10.6 Å². The van der Waals surface area contributed by atoms with Crippen LogP contribution in [0.1, 0.15) is 33.1 Å². The average molecular weight is 512 g/mol. The van der Waals surface area contributed by atoms with Crippen LogP contribution in [-0.2, 0) is 14.2 Å². The van der Waals surface area contributed by atoms with Crippen LogP contribution in [0.3, 0.4) is 0 Å². The monoisotopic (exact) mass is 512 g/mol. The predicted octanol–water partition coefficient (Wildman–Crippen LogP) is 1.96. The third-order valence-electron chi connectivity index (χ3n) is 5.03. The summed E-state index contributed by atoms with van der Waals surface area (Å²) in [6.07, 6.45) is 3.27. The first-order chi connectivity index (χ1) is 13.3. The van der Waals surface area contributed by atoms with Crippen LogP contribution in [0.25, 0.3) is 0 Å². The lowest BCUT2D eigenvalue weighted by atomic mass is 10.0. The topological polar surface area (TPSA) is 67.4 Å². The van der Waals surface area contributed by atoms with Crippen LogP contribution in [-0.4, -0.2) is 89.8 Å². The molecular formula is C20H41IN4O3. The molecule has 2 aliphatic rings. The number of hydrogen-bond acceptors (Lipinski definition) is 5. The number of rotatable bonds is 11. The molecular weight excluding hydrogens is 471 g/mol. The molecule has 28 heavy (non-hydrogen) atoms. The molecule has 0 spiro atoms. The van der Waals surface area contributed by atoms with E-state index >= 15 is 0 Å². The lowest BCUT2D eigenvalue weighted by molar-refractivity contribution is 0.0203. The summed E-state index contributed by atoms with van der Waals surface area (Å²) in [6.45, 7) is 15.3. The van der Waals surface area contributed by atoms with Crippen molar-refractivity contribution in [2.45, 2.75) is 33.1 Å². The molecule has 2 N–H and O–H groups in total. The molecule has 0 radical (unpaired) electrons. The van der Waals surface area contributed by atoms with Crippen molar-refractivity contribution in [3.8, 4) is 0 Å². The number of halogens is 1. The van der Waals surface area contributed by atoms with Crippen LogP contribution >= 0.6 is 24.0 Å². The highest BCUT2D eigenvalue weighted by atomic mass is 127. The Kier molecular flexibility index (Phi) is 15.4. The molecule has 0 aromatic rings. The van der Waals surface area contributed by atoms with Gasteiger partial charge < -0.3 is 24.8 Å². The summed E-state index contributed by atoms with van der Waals surface area (Å²) in [5.41, 5.74) is 0. The van der Waals surface area contributed by atoms with E-state index in [0.29, 0.717) is 11.8 Å². The molecule has 2 heterocycles. The molecule has 0 aliphatic carbocycles. The molecule has 2 rings (SSSR count). The van der Waals surface area contributed by atoms with E-state index in [2.05, 4.69) is 29.4 Å². The van der Waals surface area contributed by atoms with Crippen molar-refractivity contribution in [3.05, 3.63) is 0 Å². The Bertz CT molecular complexity index is 403. The number of ether oxygens (including phenoxy) is 3. The van der Waals surface area contributed by atoms with Gasteiger partial charge in [0.2, 0.25) is 0 Å². The molecule has 0 aromatic heterocycles. The van der Waals surface area contributed by atoms with E-state index in [9.17, 15) is 0 Å². The van der Waals surface area contributed by atoms with Crippen molar-refractivity contribution < 1.29 is 14.2 Å². The van der Waals surface area contributed by atoms with Gasteiger partial charge in [0.05, 0.1) is 13.2 Å². The van der Waals surface area contributed by atoms with E-state index in [1.807, 2.05) is 0 Å². The van der Waals surface area contributed by atoms with E-state index in [-0.39, 0.29) is 24.0 Å². The Morgan fingerprint density at radius 1 is 1.14 bits per heavy atom. The summed E-state index contributed by atoms with van der Waals surface area (Å²) in [5, 5.41) is 6.76. The first-order valence-electron chi connectivity index (χ1n) is 10.8. The van der Waals surface area contributed by atoms with Gasteiger partial charge in [0, 0.05) is 65.7 Å². The first kappa shape index (κ1) is 25.9. The minimum absolute atomic E-state index is 0. The average Bonchev–Trinajstić information content (AvgIpc) is 2.70. The maximum Gasteiger partial charge on any atom is 0.191 e. The van der Waals surface area contributed by atoms with Gasteiger partial charge in [0.1, 0.15) is 0 Å². The largest absolute Gasteiger partial charge is 0.381 e. The van der Waals surface area contributed by atoms with Crippen LogP contribution in [0.5, 0.6) is 0 Å². The fourth-order valence-electron chi connectivity index (χ4n) is 3.42. The molecule has 7 nitrogen and oxygen atoms in total. The van der Waals surface area contributed by atoms with Gasteiger partial charge in [-0.3, -0.25) is 9.89 Å². The third kappa shape index (κ3) is 11.7. The highest BCUT2D eigenvalue weighted by Gasteiger charge is 2.14. The minimum atomic E-state index is 0. The quantitative estimate of drug-likeness (QED) is 0.191. The van der Waals surface area contributed by atoms with Crippen molar-refractivity contribution in [1.29, 1.82) is 0 Å². The molecule has 0 saturated carbocycles. The van der Waals surface area contributed by atoms with Gasteiger partial charge in [-0.15, -0.1) is 24.0 Å². The molecule has 1 unspecified atom stereocenters. The van der Waals surface area contributed by atoms with Crippen LogP contribution in [0.2, 0.25) is 0 Å². The van der Waals surface area contributed by atoms with Gasteiger partial charge in [0.25, 0.3) is 0 Å². The molecule has 2 aliphatic heterocycles. The normalized spacial score (nSPS) is 20.4. The number of nitrogens with zero attached hydrogens (tertiary/aromatic N) is 2. The van der Waals surface area contributed by atoms with E-state index in [1.165, 1.54) is 0 Å². The lowest BCUT2D eigenvalue weighted by Crippen LogP contribution is -2.40. The zero-order valence-corrected chi connectivity index (χ0v) is 20.1. The Morgan fingerprint density at radius 3 is 2.57 bits per heavy atom. The second kappa shape index (κ2) is 16.6. The second-order valence-electron chi connectivity index (χ2n) is 7.65. The van der Waals surface area contributed by atoms with Gasteiger partial charge in [-0.1, -0.05) is 6.92 Å². The highest BCUT2D eigenvalue weighted by Crippen LogP contribution is 2.14. The zero-order valence-electron chi connectivity index (χ0n) is 17.8. The molecule has 166 valence electrons. The van der Waals surface area contributed by atoms with Gasteiger partial charge >= 0.3 is 0 Å². The fraction of sp³-hybridized carbons (Fsp3) is 0.950. The van der Waals surface area contributed by atoms with Crippen LogP contribution in [0, 0.1) is 11.8 Å². The van der Waals surface area contributed by atoms with Crippen molar-refractivity contribution in [1.82, 2.24) is 15.5 Å². The second-order valence-corrected chi connectivity index (χ2v) is 7.65. The maximum atomic E-state index is 5.83. The molecule has 8 heteroatoms. The minimum Gasteiger partial charge on any atom is -0.381 e. The Balaban J connectivity index is 0.00000392. The first-order valence-corrected chi connectivity index (χ1v) is 10.8. The molecule has 1 atom stereocenters. The molecule has 0 amide bonds. The lowest BCUT2D eigenvalue weighted by Gasteiger charge is -2.28. The fourth-order valence-corrected chi connectivity index (χ4v) is 3.42. The molecule has 0 bridgehead atoms. The summed E-state index contributed by atoms with van der Waals surface area (Å²) < 4.78 is 16.6. The number of morpholine rings is 1. The number of guanidine groups is 1. The highest BCUT2D eigenvalue weighted by molar-refractivity contribution is 14.0. The van der Waals surface area contributed by atoms with Crippen molar-refractivity contribution >= 4 is 29.9 Å². The van der Waals surface area contributed by atoms with Crippen molar-refractivity contribution in [2.24, 2.45) is 16.8 Å². The standard InChI is InChI=1S/C20H40N4O3.HI/c1-3-21-20(23-15-18(2)16-24-8-13-26-14-9-24)22-7-4-10-27-17-19-5-11-25-12-6-19;/h18-19H,3-17H2,1-2H3,(H2,21,22,23);1H. The summed E-state index contributed by atoms with van der Waals surface area (Å²) in [6, 6.07) is 0. The third-order valence-corrected chi connectivity index (χ3v) is 5.03. The summed E-state index contributed by atoms with van der Waals surface area (Å²) >= 11 is 0. The summed E-state index contributed by atoms with van der Waals surface area (Å²) in [7, 11) is 0. The molecule has 2 saturated heterocycles. The summed E-state index contributed by atoms with van der Waals surface area (Å²) in [4.78, 5) is 7.22. The van der Waals surface area contributed by atoms with Gasteiger partial charge in [-0.05, 0) is 38.0 Å². The number of hydrogen-bond donors (Lipinski definition) is 2. The molecule has 2 fully saturated rings. The SMILES string of the molecule is CCNC(=NCC(C)CN1CCOCC1)NCCCOCC1CCOCC1.I. The van der Waals surface area contributed by atoms with E-state index < -0.39 is 0 Å².